The van der Waals surface area contributed by atoms with Gasteiger partial charge in [0, 0.05) is 24.3 Å². The van der Waals surface area contributed by atoms with E-state index in [2.05, 4.69) is 20.6 Å². The first kappa shape index (κ1) is 8.17. The van der Waals surface area contributed by atoms with Crippen LogP contribution >= 0.6 is 0 Å². The molecule has 0 atom stereocenters. The van der Waals surface area contributed by atoms with Gasteiger partial charge in [0.2, 0.25) is 0 Å². The Bertz CT molecular complexity index is 346. The van der Waals surface area contributed by atoms with Gasteiger partial charge in [0.1, 0.15) is 12.1 Å². The molecule has 4 nitrogen and oxygen atoms in total. The predicted octanol–water partition coefficient (Wildman–Crippen LogP) is 0.349. The Morgan fingerprint density at radius 2 is 2.21 bits per heavy atom. The summed E-state index contributed by atoms with van der Waals surface area (Å²) in [6.45, 7) is 2.11. The molecule has 1 aromatic heterocycles. The Kier molecular flexibility index (Phi) is 1.87. The van der Waals surface area contributed by atoms with Crippen molar-refractivity contribution in [2.75, 3.05) is 18.4 Å². The normalized spacial score (nSPS) is 20.3. The smallest absolute Gasteiger partial charge is 0.133 e. The van der Waals surface area contributed by atoms with Crippen LogP contribution in [0.25, 0.3) is 0 Å². The van der Waals surface area contributed by atoms with Gasteiger partial charge in [-0.3, -0.25) is 0 Å². The van der Waals surface area contributed by atoms with E-state index < -0.39 is 0 Å². The number of hydrogen-bond acceptors (Lipinski definition) is 4. The molecule has 3 rings (SSSR count). The van der Waals surface area contributed by atoms with E-state index in [4.69, 9.17) is 0 Å². The van der Waals surface area contributed by atoms with Crippen LogP contribution in [0.4, 0.5) is 5.82 Å². The van der Waals surface area contributed by atoms with Crippen LogP contribution < -0.4 is 10.6 Å². The number of aryl methyl sites for hydroxylation is 1. The lowest BCUT2D eigenvalue weighted by Gasteiger charge is -2.29. The lowest BCUT2D eigenvalue weighted by atomic mass is 10.1. The molecule has 2 aliphatic rings. The average molecular weight is 190 g/mol. The molecule has 4 heteroatoms. The Labute approximate surface area is 83.1 Å². The maximum absolute atomic E-state index is 4.32. The topological polar surface area (TPSA) is 49.8 Å². The molecular weight excluding hydrogens is 176 g/mol. The van der Waals surface area contributed by atoms with Crippen LogP contribution in [0.3, 0.4) is 0 Å². The van der Waals surface area contributed by atoms with Gasteiger partial charge >= 0.3 is 0 Å². The van der Waals surface area contributed by atoms with Crippen molar-refractivity contribution in [2.24, 2.45) is 0 Å². The molecule has 0 amide bonds. The molecule has 1 fully saturated rings. The third-order valence-corrected chi connectivity index (χ3v) is 3.00. The minimum atomic E-state index is 0.564. The Balaban J connectivity index is 1.85. The lowest BCUT2D eigenvalue weighted by Crippen LogP contribution is -2.51. The summed E-state index contributed by atoms with van der Waals surface area (Å²) in [4.78, 5) is 8.63. The third-order valence-electron chi connectivity index (χ3n) is 3.00. The van der Waals surface area contributed by atoms with Gasteiger partial charge in [0.25, 0.3) is 0 Å². The first-order chi connectivity index (χ1) is 6.93. The van der Waals surface area contributed by atoms with E-state index in [-0.39, 0.29) is 0 Å². The van der Waals surface area contributed by atoms with E-state index in [0.717, 1.165) is 31.7 Å². The van der Waals surface area contributed by atoms with Gasteiger partial charge < -0.3 is 10.6 Å². The van der Waals surface area contributed by atoms with Crippen molar-refractivity contribution in [3.8, 4) is 0 Å². The number of aromatic nitrogens is 2. The highest BCUT2D eigenvalue weighted by atomic mass is 15.1. The van der Waals surface area contributed by atoms with Crippen LogP contribution in [0.1, 0.15) is 17.7 Å². The third kappa shape index (κ3) is 1.26. The molecule has 1 aromatic rings. The molecular formula is C10H14N4. The highest BCUT2D eigenvalue weighted by Gasteiger charge is 2.21. The zero-order valence-electron chi connectivity index (χ0n) is 8.08. The van der Waals surface area contributed by atoms with Crippen LogP contribution in [0, 0.1) is 0 Å². The minimum Gasteiger partial charge on any atom is -0.364 e. The first-order valence-electron chi connectivity index (χ1n) is 5.23. The van der Waals surface area contributed by atoms with Crippen LogP contribution in [0.5, 0.6) is 0 Å². The van der Waals surface area contributed by atoms with E-state index in [9.17, 15) is 0 Å². The molecule has 74 valence electrons. The van der Waals surface area contributed by atoms with Gasteiger partial charge in [0.15, 0.2) is 0 Å². The maximum atomic E-state index is 4.32. The van der Waals surface area contributed by atoms with Crippen LogP contribution in [0.2, 0.25) is 0 Å². The molecule has 1 aliphatic heterocycles. The van der Waals surface area contributed by atoms with Gasteiger partial charge in [-0.15, -0.1) is 0 Å². The van der Waals surface area contributed by atoms with Gasteiger partial charge in [-0.2, -0.15) is 0 Å². The summed E-state index contributed by atoms with van der Waals surface area (Å²) < 4.78 is 0. The molecule has 1 aliphatic carbocycles. The van der Waals surface area contributed by atoms with Crippen LogP contribution in [-0.2, 0) is 12.8 Å². The SMILES string of the molecule is c1nc2c(c(NC3CNC3)n1)CCC2. The molecule has 14 heavy (non-hydrogen) atoms. The molecule has 2 N–H and O–H groups in total. The zero-order valence-corrected chi connectivity index (χ0v) is 8.08. The maximum Gasteiger partial charge on any atom is 0.133 e. The van der Waals surface area contributed by atoms with Gasteiger partial charge in [-0.25, -0.2) is 9.97 Å². The quantitative estimate of drug-likeness (QED) is 0.706. The molecule has 2 heterocycles. The molecule has 1 saturated heterocycles. The summed E-state index contributed by atoms with van der Waals surface area (Å²) in [6.07, 6.45) is 5.16. The van der Waals surface area contributed by atoms with Gasteiger partial charge in [0.05, 0.1) is 6.04 Å². The lowest BCUT2D eigenvalue weighted by molar-refractivity contribution is 0.470. The summed E-state index contributed by atoms with van der Waals surface area (Å²) in [7, 11) is 0. The number of rotatable bonds is 2. The van der Waals surface area contributed by atoms with Crippen molar-refractivity contribution < 1.29 is 0 Å². The Morgan fingerprint density at radius 3 is 3.00 bits per heavy atom. The second-order valence-corrected chi connectivity index (χ2v) is 4.00. The summed E-state index contributed by atoms with van der Waals surface area (Å²) in [5, 5.41) is 6.71. The molecule has 0 aromatic carbocycles. The molecule has 0 bridgehead atoms. The molecule has 0 saturated carbocycles. The number of nitrogens with one attached hydrogen (secondary N) is 2. The van der Waals surface area contributed by atoms with Crippen molar-refractivity contribution in [3.05, 3.63) is 17.6 Å². The van der Waals surface area contributed by atoms with Crippen molar-refractivity contribution in [1.82, 2.24) is 15.3 Å². The number of anilines is 1. The minimum absolute atomic E-state index is 0.564. The fourth-order valence-electron chi connectivity index (χ4n) is 2.07. The van der Waals surface area contributed by atoms with E-state index in [1.165, 1.54) is 17.7 Å². The number of fused-ring (bicyclic) bond motifs is 1. The standard InChI is InChI=1S/C10H14N4/c1-2-8-9(3-1)12-6-13-10(8)14-7-4-11-5-7/h6-7,11H,1-5H2,(H,12,13,14). The van der Waals surface area contributed by atoms with Crippen molar-refractivity contribution in [1.29, 1.82) is 0 Å². The van der Waals surface area contributed by atoms with E-state index >= 15 is 0 Å². The largest absolute Gasteiger partial charge is 0.364 e. The summed E-state index contributed by atoms with van der Waals surface area (Å²) in [6, 6.07) is 0.564. The fourth-order valence-corrected chi connectivity index (χ4v) is 2.07. The average Bonchev–Trinajstić information content (AvgIpc) is 2.59. The van der Waals surface area contributed by atoms with Crippen molar-refractivity contribution >= 4 is 5.82 Å². The first-order valence-corrected chi connectivity index (χ1v) is 5.23. The number of nitrogens with zero attached hydrogens (tertiary/aromatic N) is 2. The highest BCUT2D eigenvalue weighted by molar-refractivity contribution is 5.49. The van der Waals surface area contributed by atoms with Gasteiger partial charge in [-0.1, -0.05) is 0 Å². The summed E-state index contributed by atoms with van der Waals surface area (Å²) in [5.41, 5.74) is 2.59. The van der Waals surface area contributed by atoms with Crippen LogP contribution in [-0.4, -0.2) is 29.1 Å². The summed E-state index contributed by atoms with van der Waals surface area (Å²) in [5.74, 6) is 1.07. The van der Waals surface area contributed by atoms with E-state index in [1.807, 2.05) is 0 Å². The van der Waals surface area contributed by atoms with Crippen molar-refractivity contribution in [2.45, 2.75) is 25.3 Å². The Morgan fingerprint density at radius 1 is 1.29 bits per heavy atom. The van der Waals surface area contributed by atoms with E-state index in [1.54, 1.807) is 6.33 Å². The second kappa shape index (κ2) is 3.20. The van der Waals surface area contributed by atoms with E-state index in [0.29, 0.717) is 6.04 Å². The highest BCUT2D eigenvalue weighted by Crippen LogP contribution is 2.25. The monoisotopic (exact) mass is 190 g/mol. The number of hydrogen-bond donors (Lipinski definition) is 2. The fraction of sp³-hybridized carbons (Fsp3) is 0.600. The zero-order chi connectivity index (χ0) is 9.38. The molecule has 0 spiro atoms. The molecule has 0 radical (unpaired) electrons. The van der Waals surface area contributed by atoms with Crippen molar-refractivity contribution in [3.63, 3.8) is 0 Å². The van der Waals surface area contributed by atoms with Crippen LogP contribution in [0.15, 0.2) is 6.33 Å². The van der Waals surface area contributed by atoms with Gasteiger partial charge in [-0.05, 0) is 19.3 Å². The second-order valence-electron chi connectivity index (χ2n) is 4.00. The predicted molar refractivity (Wildman–Crippen MR) is 54.3 cm³/mol. The summed E-state index contributed by atoms with van der Waals surface area (Å²) >= 11 is 0. The Hall–Kier alpha value is -1.16. The molecule has 0 unspecified atom stereocenters.